The lowest BCUT2D eigenvalue weighted by molar-refractivity contribution is 0.286. The van der Waals surface area contributed by atoms with Gasteiger partial charge in [-0.05, 0) is 24.6 Å². The SMILES string of the molecule is CCNCc1cccnc1CN1CC=CCC1. The summed E-state index contributed by atoms with van der Waals surface area (Å²) in [4.78, 5) is 6.96. The Morgan fingerprint density at radius 3 is 3.12 bits per heavy atom. The highest BCUT2D eigenvalue weighted by Gasteiger charge is 2.10. The van der Waals surface area contributed by atoms with Gasteiger partial charge in [-0.15, -0.1) is 0 Å². The van der Waals surface area contributed by atoms with Crippen LogP contribution in [0.1, 0.15) is 24.6 Å². The molecule has 3 heteroatoms. The highest BCUT2D eigenvalue weighted by atomic mass is 15.1. The second-order valence-corrected chi connectivity index (χ2v) is 4.38. The monoisotopic (exact) mass is 231 g/mol. The third-order valence-electron chi connectivity index (χ3n) is 3.07. The summed E-state index contributed by atoms with van der Waals surface area (Å²) in [5.74, 6) is 0. The Morgan fingerprint density at radius 1 is 1.41 bits per heavy atom. The molecule has 0 saturated heterocycles. The Bertz CT molecular complexity index is 373. The third kappa shape index (κ3) is 3.65. The lowest BCUT2D eigenvalue weighted by atomic mass is 10.1. The number of nitrogens with zero attached hydrogens (tertiary/aromatic N) is 2. The van der Waals surface area contributed by atoms with Crippen LogP contribution in [0.2, 0.25) is 0 Å². The maximum Gasteiger partial charge on any atom is 0.0588 e. The fourth-order valence-electron chi connectivity index (χ4n) is 2.08. The van der Waals surface area contributed by atoms with Crippen molar-refractivity contribution >= 4 is 0 Å². The van der Waals surface area contributed by atoms with Crippen molar-refractivity contribution in [2.45, 2.75) is 26.4 Å². The molecule has 0 unspecified atom stereocenters. The van der Waals surface area contributed by atoms with Crippen molar-refractivity contribution in [2.24, 2.45) is 0 Å². The predicted octanol–water partition coefficient (Wildman–Crippen LogP) is 1.95. The molecular formula is C14H21N3. The van der Waals surface area contributed by atoms with Gasteiger partial charge in [-0.25, -0.2) is 0 Å². The summed E-state index contributed by atoms with van der Waals surface area (Å²) in [6.45, 7) is 7.21. The van der Waals surface area contributed by atoms with Crippen molar-refractivity contribution in [2.75, 3.05) is 19.6 Å². The van der Waals surface area contributed by atoms with Gasteiger partial charge in [0.2, 0.25) is 0 Å². The summed E-state index contributed by atoms with van der Waals surface area (Å²) in [6, 6.07) is 4.19. The molecule has 2 rings (SSSR count). The van der Waals surface area contributed by atoms with Crippen molar-refractivity contribution in [1.29, 1.82) is 0 Å². The van der Waals surface area contributed by atoms with Gasteiger partial charge in [0.25, 0.3) is 0 Å². The van der Waals surface area contributed by atoms with E-state index < -0.39 is 0 Å². The molecule has 1 aromatic heterocycles. The molecule has 92 valence electrons. The summed E-state index contributed by atoms with van der Waals surface area (Å²) < 4.78 is 0. The number of pyridine rings is 1. The topological polar surface area (TPSA) is 28.2 Å². The number of hydrogen-bond donors (Lipinski definition) is 1. The summed E-state index contributed by atoms with van der Waals surface area (Å²) in [5.41, 5.74) is 2.53. The van der Waals surface area contributed by atoms with Crippen LogP contribution in [0.5, 0.6) is 0 Å². The smallest absolute Gasteiger partial charge is 0.0588 e. The lowest BCUT2D eigenvalue weighted by Gasteiger charge is -2.23. The number of aromatic nitrogens is 1. The fourth-order valence-corrected chi connectivity index (χ4v) is 2.08. The van der Waals surface area contributed by atoms with Crippen molar-refractivity contribution in [3.63, 3.8) is 0 Å². The molecule has 0 atom stereocenters. The van der Waals surface area contributed by atoms with E-state index in [9.17, 15) is 0 Å². The first-order chi connectivity index (χ1) is 8.40. The minimum absolute atomic E-state index is 0.920. The van der Waals surface area contributed by atoms with Gasteiger partial charge in [-0.3, -0.25) is 9.88 Å². The van der Waals surface area contributed by atoms with Crippen molar-refractivity contribution in [3.05, 3.63) is 41.7 Å². The van der Waals surface area contributed by atoms with Gasteiger partial charge in [-0.1, -0.05) is 25.1 Å². The Kier molecular flexibility index (Phi) is 4.71. The number of rotatable bonds is 5. The molecule has 1 aromatic rings. The molecule has 0 amide bonds. The fraction of sp³-hybridized carbons (Fsp3) is 0.500. The molecular weight excluding hydrogens is 210 g/mol. The van der Waals surface area contributed by atoms with Crippen LogP contribution >= 0.6 is 0 Å². The Hall–Kier alpha value is -1.19. The highest BCUT2D eigenvalue weighted by Crippen LogP contribution is 2.11. The molecule has 1 aliphatic rings. The molecule has 2 heterocycles. The van der Waals surface area contributed by atoms with Gasteiger partial charge >= 0.3 is 0 Å². The maximum atomic E-state index is 4.52. The van der Waals surface area contributed by atoms with Gasteiger partial charge in [0, 0.05) is 32.4 Å². The summed E-state index contributed by atoms with van der Waals surface area (Å²) in [7, 11) is 0. The van der Waals surface area contributed by atoms with Crippen molar-refractivity contribution in [3.8, 4) is 0 Å². The zero-order chi connectivity index (χ0) is 11.9. The van der Waals surface area contributed by atoms with Crippen LogP contribution in [0.3, 0.4) is 0 Å². The van der Waals surface area contributed by atoms with Crippen LogP contribution in [0.4, 0.5) is 0 Å². The van der Waals surface area contributed by atoms with Gasteiger partial charge < -0.3 is 5.32 Å². The van der Waals surface area contributed by atoms with Gasteiger partial charge in [-0.2, -0.15) is 0 Å². The first kappa shape index (κ1) is 12.3. The van der Waals surface area contributed by atoms with Gasteiger partial charge in [0.05, 0.1) is 5.69 Å². The Morgan fingerprint density at radius 2 is 2.35 bits per heavy atom. The zero-order valence-electron chi connectivity index (χ0n) is 10.5. The second kappa shape index (κ2) is 6.52. The van der Waals surface area contributed by atoms with Crippen molar-refractivity contribution in [1.82, 2.24) is 15.2 Å². The van der Waals surface area contributed by atoms with E-state index in [-0.39, 0.29) is 0 Å². The van der Waals surface area contributed by atoms with E-state index in [2.05, 4.69) is 40.3 Å². The lowest BCUT2D eigenvalue weighted by Crippen LogP contribution is -2.28. The molecule has 0 aromatic carbocycles. The van der Waals surface area contributed by atoms with Crippen LogP contribution < -0.4 is 5.32 Å². The van der Waals surface area contributed by atoms with Gasteiger partial charge in [0.1, 0.15) is 0 Å². The zero-order valence-corrected chi connectivity index (χ0v) is 10.5. The van der Waals surface area contributed by atoms with E-state index in [1.54, 1.807) is 0 Å². The van der Waals surface area contributed by atoms with Crippen LogP contribution in [-0.4, -0.2) is 29.5 Å². The summed E-state index contributed by atoms with van der Waals surface area (Å²) >= 11 is 0. The highest BCUT2D eigenvalue weighted by molar-refractivity contribution is 5.19. The second-order valence-electron chi connectivity index (χ2n) is 4.38. The van der Waals surface area contributed by atoms with E-state index in [1.165, 1.54) is 11.3 Å². The molecule has 0 fully saturated rings. The first-order valence-electron chi connectivity index (χ1n) is 6.41. The van der Waals surface area contributed by atoms with E-state index in [4.69, 9.17) is 0 Å². The predicted molar refractivity (Wildman–Crippen MR) is 70.7 cm³/mol. The van der Waals surface area contributed by atoms with Crippen LogP contribution in [0.15, 0.2) is 30.5 Å². The quantitative estimate of drug-likeness (QED) is 0.785. The van der Waals surface area contributed by atoms with E-state index in [0.29, 0.717) is 0 Å². The van der Waals surface area contributed by atoms with Crippen LogP contribution in [0, 0.1) is 0 Å². The molecule has 0 radical (unpaired) electrons. The minimum Gasteiger partial charge on any atom is -0.313 e. The Balaban J connectivity index is 2.00. The average molecular weight is 231 g/mol. The molecule has 0 saturated carbocycles. The molecule has 0 bridgehead atoms. The minimum atomic E-state index is 0.920. The molecule has 1 aliphatic heterocycles. The van der Waals surface area contributed by atoms with E-state index in [1.807, 2.05) is 12.3 Å². The first-order valence-corrected chi connectivity index (χ1v) is 6.41. The normalized spacial score (nSPS) is 16.3. The van der Waals surface area contributed by atoms with Gasteiger partial charge in [0.15, 0.2) is 0 Å². The maximum absolute atomic E-state index is 4.52. The molecule has 3 nitrogen and oxygen atoms in total. The largest absolute Gasteiger partial charge is 0.313 e. The summed E-state index contributed by atoms with van der Waals surface area (Å²) in [6.07, 6.45) is 7.56. The average Bonchev–Trinajstić information content (AvgIpc) is 2.39. The molecule has 0 aliphatic carbocycles. The van der Waals surface area contributed by atoms with Crippen LogP contribution in [-0.2, 0) is 13.1 Å². The molecule has 17 heavy (non-hydrogen) atoms. The van der Waals surface area contributed by atoms with Crippen LogP contribution in [0.25, 0.3) is 0 Å². The third-order valence-corrected chi connectivity index (χ3v) is 3.07. The van der Waals surface area contributed by atoms with Crippen molar-refractivity contribution < 1.29 is 0 Å². The van der Waals surface area contributed by atoms with E-state index in [0.717, 1.165) is 39.1 Å². The molecule has 0 spiro atoms. The van der Waals surface area contributed by atoms with E-state index >= 15 is 0 Å². The standard InChI is InChI=1S/C14H21N3/c1-2-15-11-13-7-6-8-16-14(13)12-17-9-4-3-5-10-17/h3-4,6-8,15H,2,5,9-12H2,1H3. The molecule has 1 N–H and O–H groups in total. The number of nitrogens with one attached hydrogen (secondary N) is 1. The summed E-state index contributed by atoms with van der Waals surface area (Å²) in [5, 5.41) is 3.37. The Labute approximate surface area is 104 Å². The number of hydrogen-bond acceptors (Lipinski definition) is 3.